The van der Waals surface area contributed by atoms with Crippen LogP contribution < -0.4 is 5.32 Å². The van der Waals surface area contributed by atoms with Gasteiger partial charge in [0.1, 0.15) is 6.61 Å². The molecule has 1 aromatic carbocycles. The van der Waals surface area contributed by atoms with Crippen molar-refractivity contribution in [3.63, 3.8) is 0 Å². The largest absolute Gasteiger partial charge is 0.449 e. The van der Waals surface area contributed by atoms with Crippen molar-refractivity contribution in [2.45, 2.75) is 19.9 Å². The molecule has 1 amide bonds. The second kappa shape index (κ2) is 5.44. The Labute approximate surface area is 116 Å². The van der Waals surface area contributed by atoms with Gasteiger partial charge in [-0.25, -0.2) is 4.79 Å². The zero-order valence-corrected chi connectivity index (χ0v) is 11.4. The third-order valence-electron chi connectivity index (χ3n) is 3.03. The fourth-order valence-corrected chi connectivity index (χ4v) is 2.04. The van der Waals surface area contributed by atoms with Crippen LogP contribution in [0.5, 0.6) is 0 Å². The van der Waals surface area contributed by atoms with Crippen molar-refractivity contribution >= 4 is 24.2 Å². The molecule has 1 saturated heterocycles. The molecule has 0 radical (unpaired) electrons. The van der Waals surface area contributed by atoms with Gasteiger partial charge in [-0.05, 0) is 5.56 Å². The molecule has 0 bridgehead atoms. The maximum Gasteiger partial charge on any atom is 0.407 e. The first-order valence-electron chi connectivity index (χ1n) is 5.58. The van der Waals surface area contributed by atoms with Crippen LogP contribution in [0.3, 0.4) is 0 Å². The van der Waals surface area contributed by atoms with E-state index >= 15 is 0 Å². The van der Waals surface area contributed by atoms with Gasteiger partial charge in [0.15, 0.2) is 0 Å². The van der Waals surface area contributed by atoms with Crippen LogP contribution in [-0.4, -0.2) is 17.6 Å². The predicted molar refractivity (Wildman–Crippen MR) is 71.4 cm³/mol. The Morgan fingerprint density at radius 1 is 1.47 bits per heavy atom. The number of alkyl carbamates (subject to hydrolysis) is 1. The summed E-state index contributed by atoms with van der Waals surface area (Å²) in [5.74, 6) is 0. The Bertz CT molecular complexity index is 504. The lowest BCUT2D eigenvalue weighted by atomic mass is 9.80. The lowest BCUT2D eigenvalue weighted by Gasteiger charge is -2.38. The van der Waals surface area contributed by atoms with Crippen molar-refractivity contribution in [1.82, 2.24) is 5.32 Å². The molecule has 0 aromatic heterocycles. The summed E-state index contributed by atoms with van der Waals surface area (Å²) in [4.78, 5) is 21.6. The summed E-state index contributed by atoms with van der Waals surface area (Å²) in [6.45, 7) is 4.16. The third kappa shape index (κ3) is 3.14. The number of non-ortho nitro benzene ring substituents is 1. The predicted octanol–water partition coefficient (Wildman–Crippen LogP) is 2.82. The van der Waals surface area contributed by atoms with Crippen LogP contribution >= 0.6 is 12.4 Å². The molecule has 0 saturated carbocycles. The number of hydrogen-bond acceptors (Lipinski definition) is 4. The van der Waals surface area contributed by atoms with Gasteiger partial charge in [-0.15, -0.1) is 12.4 Å². The molecule has 1 aromatic rings. The van der Waals surface area contributed by atoms with Crippen molar-refractivity contribution in [2.24, 2.45) is 5.41 Å². The molecule has 1 N–H and O–H groups in total. The molecule has 104 valence electrons. The Balaban J connectivity index is 0.00000180. The van der Waals surface area contributed by atoms with Crippen LogP contribution in [0.4, 0.5) is 10.5 Å². The molecule has 1 aliphatic heterocycles. The van der Waals surface area contributed by atoms with Gasteiger partial charge in [-0.2, -0.15) is 0 Å². The number of benzene rings is 1. The van der Waals surface area contributed by atoms with E-state index < -0.39 is 11.0 Å². The number of halogens is 1. The first-order chi connectivity index (χ1) is 8.40. The lowest BCUT2D eigenvalue weighted by Crippen LogP contribution is -2.46. The second-order valence-electron chi connectivity index (χ2n) is 4.99. The van der Waals surface area contributed by atoms with E-state index in [0.717, 1.165) is 0 Å². The highest BCUT2D eigenvalue weighted by molar-refractivity contribution is 5.85. The van der Waals surface area contributed by atoms with E-state index in [1.165, 1.54) is 12.1 Å². The monoisotopic (exact) mass is 286 g/mol. The Hall–Kier alpha value is -1.82. The van der Waals surface area contributed by atoms with E-state index in [9.17, 15) is 14.9 Å². The number of carbonyl (C=O) groups is 1. The molecule has 0 unspecified atom stereocenters. The Morgan fingerprint density at radius 3 is 2.79 bits per heavy atom. The minimum Gasteiger partial charge on any atom is -0.449 e. The molecule has 1 atom stereocenters. The molecular weight excluding hydrogens is 272 g/mol. The molecule has 1 fully saturated rings. The molecule has 0 aliphatic carbocycles. The zero-order chi connectivity index (χ0) is 13.3. The summed E-state index contributed by atoms with van der Waals surface area (Å²) in [5, 5.41) is 13.5. The van der Waals surface area contributed by atoms with Crippen LogP contribution in [0, 0.1) is 15.5 Å². The fourth-order valence-electron chi connectivity index (χ4n) is 2.04. The zero-order valence-electron chi connectivity index (χ0n) is 10.6. The maximum atomic E-state index is 11.3. The summed E-state index contributed by atoms with van der Waals surface area (Å²) in [6, 6.07) is 6.00. The molecule has 19 heavy (non-hydrogen) atoms. The summed E-state index contributed by atoms with van der Waals surface area (Å²) in [7, 11) is 0. The normalized spacial score (nSPS) is 20.7. The van der Waals surface area contributed by atoms with Gasteiger partial charge < -0.3 is 10.1 Å². The number of nitrogens with one attached hydrogen (secondary N) is 1. The summed E-state index contributed by atoms with van der Waals surface area (Å²) < 4.78 is 4.94. The number of rotatable bonds is 2. The number of nitro benzene ring substituents is 1. The molecule has 0 spiro atoms. The highest BCUT2D eigenvalue weighted by atomic mass is 35.5. The van der Waals surface area contributed by atoms with E-state index in [4.69, 9.17) is 4.74 Å². The number of carbonyl (C=O) groups excluding carboxylic acids is 1. The van der Waals surface area contributed by atoms with E-state index in [1.807, 2.05) is 13.8 Å². The first-order valence-corrected chi connectivity index (χ1v) is 5.58. The summed E-state index contributed by atoms with van der Waals surface area (Å²) >= 11 is 0. The third-order valence-corrected chi connectivity index (χ3v) is 3.03. The van der Waals surface area contributed by atoms with Crippen molar-refractivity contribution in [3.8, 4) is 0 Å². The Kier molecular flexibility index (Phi) is 4.36. The fraction of sp³-hybridized carbons (Fsp3) is 0.417. The van der Waals surface area contributed by atoms with Gasteiger partial charge in [0, 0.05) is 17.5 Å². The average Bonchev–Trinajstić information content (AvgIpc) is 2.32. The SMILES string of the molecule is CC1(C)COC(=O)N[C@@H]1c1cccc([N+](=O)[O-])c1.Cl. The first kappa shape index (κ1) is 15.2. The van der Waals surface area contributed by atoms with Crippen molar-refractivity contribution in [3.05, 3.63) is 39.9 Å². The smallest absolute Gasteiger partial charge is 0.407 e. The van der Waals surface area contributed by atoms with Gasteiger partial charge in [0.25, 0.3) is 5.69 Å². The van der Waals surface area contributed by atoms with Crippen LogP contribution in [0.15, 0.2) is 24.3 Å². The molecular formula is C12H15ClN2O4. The molecule has 1 aliphatic rings. The number of cyclic esters (lactones) is 1. The summed E-state index contributed by atoms with van der Waals surface area (Å²) in [5.41, 5.74) is 0.415. The molecule has 1 heterocycles. The number of hydrogen-bond donors (Lipinski definition) is 1. The topological polar surface area (TPSA) is 81.5 Å². The highest BCUT2D eigenvalue weighted by Gasteiger charge is 2.38. The maximum absolute atomic E-state index is 11.3. The molecule has 7 heteroatoms. The van der Waals surface area contributed by atoms with Crippen molar-refractivity contribution in [1.29, 1.82) is 0 Å². The van der Waals surface area contributed by atoms with Crippen molar-refractivity contribution in [2.75, 3.05) is 6.61 Å². The van der Waals surface area contributed by atoms with E-state index in [-0.39, 0.29) is 36.2 Å². The Morgan fingerprint density at radius 2 is 2.16 bits per heavy atom. The number of amides is 1. The minimum atomic E-state index is -0.495. The van der Waals surface area contributed by atoms with Gasteiger partial charge >= 0.3 is 6.09 Å². The molecule has 2 rings (SSSR count). The quantitative estimate of drug-likeness (QED) is 0.669. The van der Waals surface area contributed by atoms with Gasteiger partial charge in [0.05, 0.1) is 11.0 Å². The van der Waals surface area contributed by atoms with Crippen LogP contribution in [0.2, 0.25) is 0 Å². The standard InChI is InChI=1S/C12H14N2O4.ClH/c1-12(2)7-18-11(15)13-10(12)8-4-3-5-9(6-8)14(16)17;/h3-6,10H,7H2,1-2H3,(H,13,15);1H/t10-;/m1./s1. The number of nitro groups is 1. The van der Waals surface area contributed by atoms with E-state index in [0.29, 0.717) is 5.56 Å². The van der Waals surface area contributed by atoms with Crippen LogP contribution in [0.1, 0.15) is 25.5 Å². The molecule has 6 nitrogen and oxygen atoms in total. The van der Waals surface area contributed by atoms with Crippen LogP contribution in [-0.2, 0) is 4.74 Å². The van der Waals surface area contributed by atoms with E-state index in [1.54, 1.807) is 12.1 Å². The lowest BCUT2D eigenvalue weighted by molar-refractivity contribution is -0.385. The second-order valence-corrected chi connectivity index (χ2v) is 4.99. The average molecular weight is 287 g/mol. The number of nitrogens with zero attached hydrogens (tertiary/aromatic N) is 1. The van der Waals surface area contributed by atoms with Gasteiger partial charge in [-0.3, -0.25) is 10.1 Å². The van der Waals surface area contributed by atoms with Gasteiger partial charge in [-0.1, -0.05) is 26.0 Å². The summed E-state index contributed by atoms with van der Waals surface area (Å²) in [6.07, 6.45) is -0.495. The van der Waals surface area contributed by atoms with Gasteiger partial charge in [0.2, 0.25) is 0 Å². The minimum absolute atomic E-state index is 0. The van der Waals surface area contributed by atoms with E-state index in [2.05, 4.69) is 5.32 Å². The highest BCUT2D eigenvalue weighted by Crippen LogP contribution is 2.37. The number of ether oxygens (including phenoxy) is 1. The van der Waals surface area contributed by atoms with Crippen molar-refractivity contribution < 1.29 is 14.5 Å². The van der Waals surface area contributed by atoms with Crippen LogP contribution in [0.25, 0.3) is 0 Å².